The number of likely N-dealkylation sites (tertiary alicyclic amines) is 1. The highest BCUT2D eigenvalue weighted by atomic mass is 16.2. The number of hydrogen-bond donors (Lipinski definition) is 2. The second kappa shape index (κ2) is 9.45. The highest BCUT2D eigenvalue weighted by Gasteiger charge is 2.24. The molecule has 3 heterocycles. The van der Waals surface area contributed by atoms with E-state index in [2.05, 4.69) is 25.5 Å². The molecule has 1 fully saturated rings. The summed E-state index contributed by atoms with van der Waals surface area (Å²) in [6, 6.07) is 17.2. The summed E-state index contributed by atoms with van der Waals surface area (Å²) in [4.78, 5) is 28.2. The lowest BCUT2D eigenvalue weighted by atomic mass is 9.96. The number of anilines is 3. The Morgan fingerprint density at radius 1 is 1.03 bits per heavy atom. The van der Waals surface area contributed by atoms with Gasteiger partial charge in [-0.1, -0.05) is 24.3 Å². The summed E-state index contributed by atoms with van der Waals surface area (Å²) in [5.41, 5.74) is 1.77. The molecule has 2 N–H and O–H groups in total. The van der Waals surface area contributed by atoms with Crippen molar-refractivity contribution in [1.29, 1.82) is 0 Å². The molecule has 0 spiro atoms. The van der Waals surface area contributed by atoms with Crippen LogP contribution in [0.4, 0.5) is 17.3 Å². The van der Waals surface area contributed by atoms with Crippen LogP contribution in [0.5, 0.6) is 0 Å². The highest BCUT2D eigenvalue weighted by Crippen LogP contribution is 2.27. The van der Waals surface area contributed by atoms with Crippen molar-refractivity contribution >= 4 is 23.2 Å². The summed E-state index contributed by atoms with van der Waals surface area (Å²) in [5, 5.41) is 6.21. The highest BCUT2D eigenvalue weighted by molar-refractivity contribution is 5.92. The summed E-state index contributed by atoms with van der Waals surface area (Å²) in [5.74, 6) is 2.71. The van der Waals surface area contributed by atoms with Crippen LogP contribution in [-0.2, 0) is 4.79 Å². The van der Waals surface area contributed by atoms with E-state index in [1.165, 1.54) is 0 Å². The van der Waals surface area contributed by atoms with Gasteiger partial charge in [0.2, 0.25) is 5.91 Å². The van der Waals surface area contributed by atoms with Crippen molar-refractivity contribution in [2.45, 2.75) is 25.7 Å². The molecule has 7 nitrogen and oxygen atoms in total. The number of carbonyl (C=O) groups excluding carboxylic acids is 1. The van der Waals surface area contributed by atoms with E-state index in [1.807, 2.05) is 61.5 Å². The predicted molar refractivity (Wildman–Crippen MR) is 118 cm³/mol. The van der Waals surface area contributed by atoms with E-state index in [-0.39, 0.29) is 5.91 Å². The zero-order valence-corrected chi connectivity index (χ0v) is 17.1. The average Bonchev–Trinajstić information content (AvgIpc) is 2.75. The third-order valence-corrected chi connectivity index (χ3v) is 5.17. The molecule has 0 saturated carbocycles. The second-order valence-electron chi connectivity index (χ2n) is 7.56. The Kier molecular flexibility index (Phi) is 6.29. The van der Waals surface area contributed by atoms with Gasteiger partial charge in [-0.2, -0.15) is 0 Å². The van der Waals surface area contributed by atoms with E-state index < -0.39 is 0 Å². The molecule has 0 radical (unpaired) electrons. The SMILES string of the molecule is Cc1cc(Nc2ccccn2)nc(C2CCN(CC(=O)Nc3ccccc3)CC2)n1. The van der Waals surface area contributed by atoms with Crippen LogP contribution in [-0.4, -0.2) is 45.4 Å². The smallest absolute Gasteiger partial charge is 0.238 e. The number of aryl methyl sites for hydroxylation is 1. The molecule has 30 heavy (non-hydrogen) atoms. The number of pyridine rings is 1. The van der Waals surface area contributed by atoms with E-state index >= 15 is 0 Å². The van der Waals surface area contributed by atoms with Crippen LogP contribution in [0.2, 0.25) is 0 Å². The molecule has 1 aliphatic rings. The maximum absolute atomic E-state index is 12.3. The molecule has 0 aliphatic carbocycles. The third-order valence-electron chi connectivity index (χ3n) is 5.17. The normalized spacial score (nSPS) is 15.0. The molecule has 2 aromatic heterocycles. The van der Waals surface area contributed by atoms with Gasteiger partial charge in [0.1, 0.15) is 17.5 Å². The van der Waals surface area contributed by atoms with Crippen molar-refractivity contribution in [2.24, 2.45) is 0 Å². The van der Waals surface area contributed by atoms with Gasteiger partial charge in [-0.15, -0.1) is 0 Å². The first-order valence-corrected chi connectivity index (χ1v) is 10.3. The Morgan fingerprint density at radius 3 is 2.53 bits per heavy atom. The zero-order chi connectivity index (χ0) is 20.8. The number of piperidine rings is 1. The molecule has 154 valence electrons. The summed E-state index contributed by atoms with van der Waals surface area (Å²) in [6.07, 6.45) is 3.62. The van der Waals surface area contributed by atoms with E-state index in [1.54, 1.807) is 6.20 Å². The summed E-state index contributed by atoms with van der Waals surface area (Å²) in [7, 11) is 0. The first kappa shape index (κ1) is 20.0. The van der Waals surface area contributed by atoms with Crippen LogP contribution in [0.3, 0.4) is 0 Å². The van der Waals surface area contributed by atoms with Crippen LogP contribution in [0.15, 0.2) is 60.8 Å². The maximum atomic E-state index is 12.3. The summed E-state index contributed by atoms with van der Waals surface area (Å²) < 4.78 is 0. The van der Waals surface area contributed by atoms with Crippen LogP contribution in [0.1, 0.15) is 30.3 Å². The van der Waals surface area contributed by atoms with E-state index in [0.29, 0.717) is 12.5 Å². The number of nitrogens with zero attached hydrogens (tertiary/aromatic N) is 4. The number of amides is 1. The predicted octanol–water partition coefficient (Wildman–Crippen LogP) is 3.74. The number of carbonyl (C=O) groups is 1. The molecule has 7 heteroatoms. The average molecular weight is 403 g/mol. The fourth-order valence-corrected chi connectivity index (χ4v) is 3.68. The molecule has 4 rings (SSSR count). The molecular weight excluding hydrogens is 376 g/mol. The lowest BCUT2D eigenvalue weighted by Gasteiger charge is -2.30. The summed E-state index contributed by atoms with van der Waals surface area (Å²) in [6.45, 7) is 4.10. The van der Waals surface area contributed by atoms with Crippen molar-refractivity contribution < 1.29 is 4.79 Å². The molecule has 3 aromatic rings. The van der Waals surface area contributed by atoms with Gasteiger partial charge in [-0.25, -0.2) is 15.0 Å². The Morgan fingerprint density at radius 2 is 1.80 bits per heavy atom. The monoisotopic (exact) mass is 402 g/mol. The lowest BCUT2D eigenvalue weighted by Crippen LogP contribution is -2.39. The van der Waals surface area contributed by atoms with Gasteiger partial charge in [0.05, 0.1) is 6.54 Å². The second-order valence-corrected chi connectivity index (χ2v) is 7.56. The van der Waals surface area contributed by atoms with Crippen molar-refractivity contribution in [1.82, 2.24) is 19.9 Å². The molecule has 0 bridgehead atoms. The van der Waals surface area contributed by atoms with Crippen LogP contribution in [0.25, 0.3) is 0 Å². The lowest BCUT2D eigenvalue weighted by molar-refractivity contribution is -0.117. The zero-order valence-electron chi connectivity index (χ0n) is 17.1. The Hall–Kier alpha value is -3.32. The molecule has 1 amide bonds. The number of rotatable bonds is 6. The first-order valence-electron chi connectivity index (χ1n) is 10.3. The van der Waals surface area contributed by atoms with Crippen molar-refractivity contribution in [3.8, 4) is 0 Å². The molecular formula is C23H26N6O. The van der Waals surface area contributed by atoms with Crippen LogP contribution < -0.4 is 10.6 Å². The number of nitrogens with one attached hydrogen (secondary N) is 2. The van der Waals surface area contributed by atoms with Gasteiger partial charge in [0, 0.05) is 29.6 Å². The minimum absolute atomic E-state index is 0.0216. The molecule has 0 unspecified atom stereocenters. The minimum atomic E-state index is 0.0216. The minimum Gasteiger partial charge on any atom is -0.325 e. The van der Waals surface area contributed by atoms with Gasteiger partial charge in [0.25, 0.3) is 0 Å². The quantitative estimate of drug-likeness (QED) is 0.654. The Bertz CT molecular complexity index is 971. The van der Waals surface area contributed by atoms with Crippen molar-refractivity contribution in [2.75, 3.05) is 30.3 Å². The van der Waals surface area contributed by atoms with E-state index in [9.17, 15) is 4.79 Å². The van der Waals surface area contributed by atoms with E-state index in [4.69, 9.17) is 4.98 Å². The standard InChI is InChI=1S/C23H26N6O/c1-17-15-21(27-20-9-5-6-12-24-20)28-23(25-17)18-10-13-29(14-11-18)16-22(30)26-19-7-3-2-4-8-19/h2-9,12,15,18H,10-11,13-14,16H2,1H3,(H,26,30)(H,24,25,27,28). The Balaban J connectivity index is 1.33. The van der Waals surface area contributed by atoms with Crippen molar-refractivity contribution in [3.63, 3.8) is 0 Å². The van der Waals surface area contributed by atoms with Gasteiger partial charge in [-0.3, -0.25) is 9.69 Å². The molecule has 0 atom stereocenters. The largest absolute Gasteiger partial charge is 0.325 e. The van der Waals surface area contributed by atoms with Gasteiger partial charge in [-0.05, 0) is 57.1 Å². The number of para-hydroxylation sites is 1. The van der Waals surface area contributed by atoms with Crippen molar-refractivity contribution in [3.05, 3.63) is 72.3 Å². The topological polar surface area (TPSA) is 83.0 Å². The fraction of sp³-hybridized carbons (Fsp3) is 0.304. The van der Waals surface area contributed by atoms with Gasteiger partial charge < -0.3 is 10.6 Å². The number of benzene rings is 1. The van der Waals surface area contributed by atoms with Gasteiger partial charge >= 0.3 is 0 Å². The fourth-order valence-electron chi connectivity index (χ4n) is 3.68. The third kappa shape index (κ3) is 5.39. The van der Waals surface area contributed by atoms with Crippen LogP contribution >= 0.6 is 0 Å². The van der Waals surface area contributed by atoms with Gasteiger partial charge in [0.15, 0.2) is 0 Å². The summed E-state index contributed by atoms with van der Waals surface area (Å²) >= 11 is 0. The molecule has 1 saturated heterocycles. The Labute approximate surface area is 176 Å². The molecule has 1 aliphatic heterocycles. The molecule has 1 aromatic carbocycles. The number of aromatic nitrogens is 3. The maximum Gasteiger partial charge on any atom is 0.238 e. The van der Waals surface area contributed by atoms with E-state index in [0.717, 1.165) is 54.8 Å². The first-order chi connectivity index (χ1) is 14.7. The van der Waals surface area contributed by atoms with Crippen LogP contribution in [0, 0.1) is 6.92 Å². The number of hydrogen-bond acceptors (Lipinski definition) is 6.